The summed E-state index contributed by atoms with van der Waals surface area (Å²) in [5.74, 6) is 2.34. The fraction of sp³-hybridized carbons (Fsp3) is 0.263. The smallest absolute Gasteiger partial charge is 0.127 e. The molecule has 0 fully saturated rings. The van der Waals surface area contributed by atoms with Gasteiger partial charge in [-0.1, -0.05) is 43.3 Å². The van der Waals surface area contributed by atoms with E-state index in [0.29, 0.717) is 12.5 Å². The van der Waals surface area contributed by atoms with Crippen LogP contribution in [0, 0.1) is 5.92 Å². The van der Waals surface area contributed by atoms with Crippen molar-refractivity contribution in [1.29, 1.82) is 0 Å². The molecule has 0 aliphatic heterocycles. The normalized spacial score (nSPS) is 11.9. The Morgan fingerprint density at radius 2 is 1.87 bits per heavy atom. The molecule has 122 valence electrons. The predicted octanol–water partition coefficient (Wildman–Crippen LogP) is 4.66. The summed E-state index contributed by atoms with van der Waals surface area (Å²) in [6.07, 6.45) is 1.70. The highest BCUT2D eigenvalue weighted by Gasteiger charge is 2.06. The van der Waals surface area contributed by atoms with E-state index in [1.54, 1.807) is 6.26 Å². The van der Waals surface area contributed by atoms with Gasteiger partial charge in [0, 0.05) is 17.8 Å². The SMILES string of the molecule is CC(CNCc1ccco1)COc1cccc2ccccc12.Cl. The Hall–Kier alpha value is -1.97. The van der Waals surface area contributed by atoms with Crippen molar-refractivity contribution in [2.75, 3.05) is 13.2 Å². The first-order valence-corrected chi connectivity index (χ1v) is 7.66. The number of hydrogen-bond acceptors (Lipinski definition) is 3. The monoisotopic (exact) mass is 331 g/mol. The van der Waals surface area contributed by atoms with Crippen LogP contribution in [0.15, 0.2) is 65.3 Å². The molecule has 3 nitrogen and oxygen atoms in total. The van der Waals surface area contributed by atoms with E-state index >= 15 is 0 Å². The number of hydrogen-bond donors (Lipinski definition) is 1. The number of rotatable bonds is 7. The van der Waals surface area contributed by atoms with Gasteiger partial charge in [-0.15, -0.1) is 12.4 Å². The van der Waals surface area contributed by atoms with Crippen molar-refractivity contribution in [1.82, 2.24) is 5.32 Å². The average molecular weight is 332 g/mol. The molecule has 0 radical (unpaired) electrons. The second kappa shape index (κ2) is 8.61. The maximum atomic E-state index is 6.01. The van der Waals surface area contributed by atoms with Crippen molar-refractivity contribution in [3.8, 4) is 5.75 Å². The molecule has 23 heavy (non-hydrogen) atoms. The molecule has 3 aromatic rings. The second-order valence-electron chi connectivity index (χ2n) is 5.60. The molecule has 0 saturated carbocycles. The molecule has 0 amide bonds. The lowest BCUT2D eigenvalue weighted by Gasteiger charge is -2.15. The third-order valence-electron chi connectivity index (χ3n) is 3.65. The van der Waals surface area contributed by atoms with Crippen molar-refractivity contribution in [3.63, 3.8) is 0 Å². The van der Waals surface area contributed by atoms with Crippen LogP contribution in [0.2, 0.25) is 0 Å². The van der Waals surface area contributed by atoms with Crippen molar-refractivity contribution >= 4 is 23.2 Å². The zero-order chi connectivity index (χ0) is 15.2. The Morgan fingerprint density at radius 3 is 2.70 bits per heavy atom. The van der Waals surface area contributed by atoms with Gasteiger partial charge in [0.2, 0.25) is 0 Å². The first kappa shape index (κ1) is 17.4. The number of halogens is 1. The van der Waals surface area contributed by atoms with Gasteiger partial charge in [0.15, 0.2) is 0 Å². The molecule has 1 aromatic heterocycles. The minimum atomic E-state index is 0. The number of benzene rings is 2. The highest BCUT2D eigenvalue weighted by atomic mass is 35.5. The van der Waals surface area contributed by atoms with Gasteiger partial charge in [0.25, 0.3) is 0 Å². The van der Waals surface area contributed by atoms with Gasteiger partial charge in [0.05, 0.1) is 19.4 Å². The van der Waals surface area contributed by atoms with Gasteiger partial charge >= 0.3 is 0 Å². The highest BCUT2D eigenvalue weighted by molar-refractivity contribution is 5.88. The molecule has 0 spiro atoms. The molecule has 1 N–H and O–H groups in total. The van der Waals surface area contributed by atoms with Gasteiger partial charge in [0.1, 0.15) is 11.5 Å². The summed E-state index contributed by atoms with van der Waals surface area (Å²) < 4.78 is 11.3. The Bertz CT molecular complexity index is 707. The van der Waals surface area contributed by atoms with Crippen LogP contribution in [-0.2, 0) is 6.54 Å². The van der Waals surface area contributed by atoms with E-state index in [4.69, 9.17) is 9.15 Å². The maximum absolute atomic E-state index is 6.01. The van der Waals surface area contributed by atoms with E-state index in [0.717, 1.165) is 24.6 Å². The molecule has 4 heteroatoms. The van der Waals surface area contributed by atoms with Gasteiger partial charge in [-0.3, -0.25) is 0 Å². The fourth-order valence-corrected chi connectivity index (χ4v) is 2.47. The van der Waals surface area contributed by atoms with Crippen LogP contribution in [0.5, 0.6) is 5.75 Å². The van der Waals surface area contributed by atoms with Crippen LogP contribution < -0.4 is 10.1 Å². The summed E-state index contributed by atoms with van der Waals surface area (Å²) in [5.41, 5.74) is 0. The Labute approximate surface area is 143 Å². The van der Waals surface area contributed by atoms with Crippen LogP contribution >= 0.6 is 12.4 Å². The van der Waals surface area contributed by atoms with E-state index in [1.807, 2.05) is 36.4 Å². The number of ether oxygens (including phenoxy) is 1. The molecule has 2 aromatic carbocycles. The molecular weight excluding hydrogens is 310 g/mol. The molecule has 1 unspecified atom stereocenters. The Morgan fingerprint density at radius 1 is 1.04 bits per heavy atom. The number of furan rings is 1. The van der Waals surface area contributed by atoms with Gasteiger partial charge in [-0.25, -0.2) is 0 Å². The van der Waals surface area contributed by atoms with Crippen LogP contribution in [0.25, 0.3) is 10.8 Å². The summed E-state index contributed by atoms with van der Waals surface area (Å²) >= 11 is 0. The van der Waals surface area contributed by atoms with E-state index in [1.165, 1.54) is 10.8 Å². The van der Waals surface area contributed by atoms with Crippen molar-refractivity contribution in [3.05, 3.63) is 66.6 Å². The Kier molecular flexibility index (Phi) is 6.51. The van der Waals surface area contributed by atoms with Gasteiger partial charge in [-0.2, -0.15) is 0 Å². The fourth-order valence-electron chi connectivity index (χ4n) is 2.47. The van der Waals surface area contributed by atoms with Crippen LogP contribution in [0.3, 0.4) is 0 Å². The lowest BCUT2D eigenvalue weighted by Crippen LogP contribution is -2.24. The Balaban J connectivity index is 0.00000192. The molecular formula is C19H22ClNO2. The van der Waals surface area contributed by atoms with Crippen LogP contribution in [0.4, 0.5) is 0 Å². The van der Waals surface area contributed by atoms with Crippen LogP contribution in [-0.4, -0.2) is 13.2 Å². The molecule has 3 rings (SSSR count). The first-order chi connectivity index (χ1) is 10.8. The van der Waals surface area contributed by atoms with Gasteiger partial charge < -0.3 is 14.5 Å². The van der Waals surface area contributed by atoms with Crippen molar-refractivity contribution < 1.29 is 9.15 Å². The minimum Gasteiger partial charge on any atom is -0.493 e. The molecule has 0 bridgehead atoms. The van der Waals surface area contributed by atoms with E-state index in [-0.39, 0.29) is 12.4 Å². The summed E-state index contributed by atoms with van der Waals surface area (Å²) in [6, 6.07) is 18.4. The topological polar surface area (TPSA) is 34.4 Å². The minimum absolute atomic E-state index is 0. The standard InChI is InChI=1S/C19H21NO2.ClH/c1-15(12-20-13-17-8-5-11-21-17)14-22-19-10-4-7-16-6-2-3-9-18(16)19;/h2-11,15,20H,12-14H2,1H3;1H. The third-order valence-corrected chi connectivity index (χ3v) is 3.65. The lowest BCUT2D eigenvalue weighted by molar-refractivity contribution is 0.257. The van der Waals surface area contributed by atoms with Crippen molar-refractivity contribution in [2.24, 2.45) is 5.92 Å². The molecule has 0 aliphatic rings. The average Bonchev–Trinajstić information content (AvgIpc) is 3.06. The molecule has 1 atom stereocenters. The zero-order valence-corrected chi connectivity index (χ0v) is 14.0. The molecule has 0 saturated heterocycles. The van der Waals surface area contributed by atoms with Gasteiger partial charge in [-0.05, 0) is 23.6 Å². The molecule has 0 aliphatic carbocycles. The summed E-state index contributed by atoms with van der Waals surface area (Å²) in [7, 11) is 0. The summed E-state index contributed by atoms with van der Waals surface area (Å²) in [6.45, 7) is 4.52. The molecule has 1 heterocycles. The van der Waals surface area contributed by atoms with E-state index in [2.05, 4.69) is 30.4 Å². The maximum Gasteiger partial charge on any atom is 0.127 e. The predicted molar refractivity (Wildman–Crippen MR) is 96.3 cm³/mol. The summed E-state index contributed by atoms with van der Waals surface area (Å²) in [5, 5.41) is 5.77. The zero-order valence-electron chi connectivity index (χ0n) is 13.2. The number of fused-ring (bicyclic) bond motifs is 1. The van der Waals surface area contributed by atoms with Crippen molar-refractivity contribution in [2.45, 2.75) is 13.5 Å². The summed E-state index contributed by atoms with van der Waals surface area (Å²) in [4.78, 5) is 0. The first-order valence-electron chi connectivity index (χ1n) is 7.66. The van der Waals surface area contributed by atoms with E-state index in [9.17, 15) is 0 Å². The quantitative estimate of drug-likeness (QED) is 0.683. The third kappa shape index (κ3) is 4.75. The lowest BCUT2D eigenvalue weighted by atomic mass is 10.1. The highest BCUT2D eigenvalue weighted by Crippen LogP contribution is 2.25. The second-order valence-corrected chi connectivity index (χ2v) is 5.60. The van der Waals surface area contributed by atoms with E-state index < -0.39 is 0 Å². The van der Waals surface area contributed by atoms with Crippen LogP contribution in [0.1, 0.15) is 12.7 Å². The number of nitrogens with one attached hydrogen (secondary N) is 1. The largest absolute Gasteiger partial charge is 0.493 e.